The summed E-state index contributed by atoms with van der Waals surface area (Å²) in [6.45, 7) is 7.02. The predicted octanol–water partition coefficient (Wildman–Crippen LogP) is 3.42. The Morgan fingerprint density at radius 3 is 2.55 bits per heavy atom. The first-order chi connectivity index (χ1) is 9.76. The van der Waals surface area contributed by atoms with E-state index >= 15 is 0 Å². The van der Waals surface area contributed by atoms with E-state index in [0.717, 1.165) is 31.7 Å². The minimum Gasteiger partial charge on any atom is -0.494 e. The third-order valence-corrected chi connectivity index (χ3v) is 3.29. The first-order valence-electron chi connectivity index (χ1n) is 7.70. The molecule has 0 bridgehead atoms. The molecule has 3 heteroatoms. The van der Waals surface area contributed by atoms with Crippen molar-refractivity contribution < 1.29 is 9.47 Å². The molecule has 0 fully saturated rings. The van der Waals surface area contributed by atoms with Gasteiger partial charge in [0, 0.05) is 26.2 Å². The third-order valence-electron chi connectivity index (χ3n) is 3.29. The van der Waals surface area contributed by atoms with Crippen LogP contribution in [-0.2, 0) is 11.2 Å². The molecule has 0 aromatic heterocycles. The maximum atomic E-state index is 5.65. The smallest absolute Gasteiger partial charge is 0.119 e. The van der Waals surface area contributed by atoms with E-state index < -0.39 is 0 Å². The highest BCUT2D eigenvalue weighted by atomic mass is 16.5. The van der Waals surface area contributed by atoms with Gasteiger partial charge in [-0.1, -0.05) is 19.1 Å². The zero-order valence-electron chi connectivity index (χ0n) is 13.2. The number of hydrogen-bond donors (Lipinski definition) is 1. The van der Waals surface area contributed by atoms with Crippen LogP contribution in [0.1, 0.15) is 38.7 Å². The van der Waals surface area contributed by atoms with E-state index in [9.17, 15) is 0 Å². The van der Waals surface area contributed by atoms with Crippen LogP contribution >= 0.6 is 0 Å². The molecule has 20 heavy (non-hydrogen) atoms. The summed E-state index contributed by atoms with van der Waals surface area (Å²) >= 11 is 0. The van der Waals surface area contributed by atoms with Crippen LogP contribution in [0.2, 0.25) is 0 Å². The molecule has 0 spiro atoms. The molecule has 0 aliphatic rings. The van der Waals surface area contributed by atoms with E-state index in [2.05, 4.69) is 43.4 Å². The number of methoxy groups -OCH3 is 1. The van der Waals surface area contributed by atoms with Gasteiger partial charge >= 0.3 is 0 Å². The highest BCUT2D eigenvalue weighted by Crippen LogP contribution is 2.14. The number of rotatable bonds is 11. The van der Waals surface area contributed by atoms with Crippen molar-refractivity contribution in [3.05, 3.63) is 29.8 Å². The molecule has 0 amide bonds. The van der Waals surface area contributed by atoms with E-state index in [1.165, 1.54) is 18.4 Å². The van der Waals surface area contributed by atoms with Crippen LogP contribution in [0.15, 0.2) is 24.3 Å². The number of benzene rings is 1. The quantitative estimate of drug-likeness (QED) is 0.630. The summed E-state index contributed by atoms with van der Waals surface area (Å²) in [5.41, 5.74) is 1.37. The SMILES string of the molecule is CCCNC(C)CCc1ccc(OCCCOC)cc1. The molecule has 0 saturated heterocycles. The van der Waals surface area contributed by atoms with Crippen molar-refractivity contribution in [1.29, 1.82) is 0 Å². The van der Waals surface area contributed by atoms with Crippen molar-refractivity contribution in [3.8, 4) is 5.75 Å². The second-order valence-electron chi connectivity index (χ2n) is 5.23. The van der Waals surface area contributed by atoms with Gasteiger partial charge in [-0.05, 0) is 50.4 Å². The summed E-state index contributed by atoms with van der Waals surface area (Å²) in [7, 11) is 1.71. The molecule has 1 unspecified atom stereocenters. The van der Waals surface area contributed by atoms with Gasteiger partial charge in [-0.25, -0.2) is 0 Å². The Hall–Kier alpha value is -1.06. The van der Waals surface area contributed by atoms with Gasteiger partial charge in [0.05, 0.1) is 6.61 Å². The monoisotopic (exact) mass is 279 g/mol. The van der Waals surface area contributed by atoms with E-state index in [1.54, 1.807) is 7.11 Å². The Morgan fingerprint density at radius 1 is 1.15 bits per heavy atom. The molecule has 1 aromatic rings. The van der Waals surface area contributed by atoms with Crippen LogP contribution in [-0.4, -0.2) is 32.9 Å². The van der Waals surface area contributed by atoms with Gasteiger partial charge in [-0.3, -0.25) is 0 Å². The third kappa shape index (κ3) is 7.51. The Bertz CT molecular complexity index is 337. The minimum atomic E-state index is 0.583. The van der Waals surface area contributed by atoms with Gasteiger partial charge in [0.25, 0.3) is 0 Å². The van der Waals surface area contributed by atoms with Crippen LogP contribution in [0.5, 0.6) is 5.75 Å². The Kier molecular flexibility index (Phi) is 9.09. The predicted molar refractivity (Wildman–Crippen MR) is 84.5 cm³/mol. The normalized spacial score (nSPS) is 12.3. The highest BCUT2D eigenvalue weighted by molar-refractivity contribution is 5.27. The molecule has 0 aliphatic heterocycles. The second kappa shape index (κ2) is 10.7. The second-order valence-corrected chi connectivity index (χ2v) is 5.23. The van der Waals surface area contributed by atoms with E-state index in [4.69, 9.17) is 9.47 Å². The molecule has 1 rings (SSSR count). The molecular weight excluding hydrogens is 250 g/mol. The van der Waals surface area contributed by atoms with Gasteiger partial charge in [0.2, 0.25) is 0 Å². The maximum absolute atomic E-state index is 5.65. The average Bonchev–Trinajstić information content (AvgIpc) is 2.48. The van der Waals surface area contributed by atoms with Crippen LogP contribution in [0.4, 0.5) is 0 Å². The highest BCUT2D eigenvalue weighted by Gasteiger charge is 2.02. The van der Waals surface area contributed by atoms with Crippen molar-refractivity contribution >= 4 is 0 Å². The van der Waals surface area contributed by atoms with Crippen LogP contribution in [0, 0.1) is 0 Å². The molecule has 1 N–H and O–H groups in total. The van der Waals surface area contributed by atoms with Crippen molar-refractivity contribution in [3.63, 3.8) is 0 Å². The van der Waals surface area contributed by atoms with Crippen molar-refractivity contribution in [2.24, 2.45) is 0 Å². The van der Waals surface area contributed by atoms with E-state index in [1.807, 2.05) is 0 Å². The number of aryl methyl sites for hydroxylation is 1. The van der Waals surface area contributed by atoms with Gasteiger partial charge in [0.1, 0.15) is 5.75 Å². The molecule has 3 nitrogen and oxygen atoms in total. The summed E-state index contributed by atoms with van der Waals surface area (Å²) in [6.07, 6.45) is 4.41. The number of ether oxygens (including phenoxy) is 2. The average molecular weight is 279 g/mol. The Balaban J connectivity index is 2.24. The molecule has 0 aliphatic carbocycles. The number of hydrogen-bond acceptors (Lipinski definition) is 3. The summed E-state index contributed by atoms with van der Waals surface area (Å²) in [4.78, 5) is 0. The lowest BCUT2D eigenvalue weighted by atomic mass is 10.1. The topological polar surface area (TPSA) is 30.5 Å². The first kappa shape index (κ1) is 17.0. The van der Waals surface area contributed by atoms with Crippen LogP contribution in [0.25, 0.3) is 0 Å². The molecular formula is C17H29NO2. The molecule has 0 radical (unpaired) electrons. The molecule has 1 atom stereocenters. The first-order valence-corrected chi connectivity index (χ1v) is 7.70. The van der Waals surface area contributed by atoms with E-state index in [0.29, 0.717) is 12.6 Å². The van der Waals surface area contributed by atoms with Crippen molar-refractivity contribution in [1.82, 2.24) is 5.32 Å². The van der Waals surface area contributed by atoms with Gasteiger partial charge in [-0.15, -0.1) is 0 Å². The fraction of sp³-hybridized carbons (Fsp3) is 0.647. The van der Waals surface area contributed by atoms with Gasteiger partial charge in [0.15, 0.2) is 0 Å². The molecule has 0 heterocycles. The molecule has 114 valence electrons. The van der Waals surface area contributed by atoms with Crippen LogP contribution < -0.4 is 10.1 Å². The Labute approximate surface area is 123 Å². The minimum absolute atomic E-state index is 0.583. The van der Waals surface area contributed by atoms with Crippen molar-refractivity contribution in [2.45, 2.75) is 45.6 Å². The van der Waals surface area contributed by atoms with Gasteiger partial charge < -0.3 is 14.8 Å². The summed E-state index contributed by atoms with van der Waals surface area (Å²) in [5, 5.41) is 3.52. The van der Waals surface area contributed by atoms with Crippen LogP contribution in [0.3, 0.4) is 0 Å². The lowest BCUT2D eigenvalue weighted by Crippen LogP contribution is -2.27. The van der Waals surface area contributed by atoms with E-state index in [-0.39, 0.29) is 0 Å². The molecule has 1 aromatic carbocycles. The fourth-order valence-electron chi connectivity index (χ4n) is 2.02. The standard InChI is InChI=1S/C17H29NO2/c1-4-12-18-15(2)6-7-16-8-10-17(11-9-16)20-14-5-13-19-3/h8-11,15,18H,4-7,12-14H2,1-3H3. The zero-order valence-corrected chi connectivity index (χ0v) is 13.2. The fourth-order valence-corrected chi connectivity index (χ4v) is 2.02. The van der Waals surface area contributed by atoms with Crippen molar-refractivity contribution in [2.75, 3.05) is 26.9 Å². The zero-order chi connectivity index (χ0) is 14.6. The lowest BCUT2D eigenvalue weighted by Gasteiger charge is -2.13. The summed E-state index contributed by atoms with van der Waals surface area (Å²) < 4.78 is 10.6. The molecule has 0 saturated carbocycles. The van der Waals surface area contributed by atoms with Gasteiger partial charge in [-0.2, -0.15) is 0 Å². The number of nitrogens with one attached hydrogen (secondary N) is 1. The maximum Gasteiger partial charge on any atom is 0.119 e. The summed E-state index contributed by atoms with van der Waals surface area (Å²) in [6, 6.07) is 9.04. The summed E-state index contributed by atoms with van der Waals surface area (Å²) in [5.74, 6) is 0.946. The lowest BCUT2D eigenvalue weighted by molar-refractivity contribution is 0.172. The Morgan fingerprint density at radius 2 is 1.90 bits per heavy atom. The largest absolute Gasteiger partial charge is 0.494 e.